The first-order valence-electron chi connectivity index (χ1n) is 8.62. The highest BCUT2D eigenvalue weighted by Gasteiger charge is 2.37. The van der Waals surface area contributed by atoms with Gasteiger partial charge in [0.25, 0.3) is 5.91 Å². The van der Waals surface area contributed by atoms with Crippen LogP contribution < -0.4 is 0 Å². The van der Waals surface area contributed by atoms with Crippen LogP contribution in [0.1, 0.15) is 24.5 Å². The maximum absolute atomic E-state index is 13.2. The number of thioether (sulfide) groups is 1. The van der Waals surface area contributed by atoms with Crippen LogP contribution in [0.2, 0.25) is 0 Å². The lowest BCUT2D eigenvalue weighted by molar-refractivity contribution is -0.139. The lowest BCUT2D eigenvalue weighted by Gasteiger charge is -2.19. The number of thiocarbonyl (C=S) groups is 1. The number of benzene rings is 1. The van der Waals surface area contributed by atoms with Gasteiger partial charge in [0, 0.05) is 5.57 Å². The number of carbonyl (C=O) groups is 2. The standard InChI is InChI=1S/C20H16F3NO3S2/c1-11-8-13(18(26)27)7-6-12(11)9-16-17(25)24(19(28)29-16)10-14-4-2-3-5-15(14)20(21,22)23/h2-7,9,11H,8,10H2,1H3,(H,26,27)/b16-9-. The summed E-state index contributed by atoms with van der Waals surface area (Å²) < 4.78 is 39.9. The van der Waals surface area contributed by atoms with E-state index in [1.807, 2.05) is 6.92 Å². The van der Waals surface area contributed by atoms with E-state index in [1.54, 1.807) is 12.2 Å². The number of carboxylic acid groups (broad SMARTS) is 1. The van der Waals surface area contributed by atoms with Gasteiger partial charge in [-0.15, -0.1) is 0 Å². The van der Waals surface area contributed by atoms with Crippen molar-refractivity contribution in [1.29, 1.82) is 0 Å². The van der Waals surface area contributed by atoms with E-state index in [0.29, 0.717) is 11.3 Å². The van der Waals surface area contributed by atoms with Crippen molar-refractivity contribution in [2.45, 2.75) is 26.1 Å². The van der Waals surface area contributed by atoms with Crippen molar-refractivity contribution in [1.82, 2.24) is 4.90 Å². The van der Waals surface area contributed by atoms with E-state index in [4.69, 9.17) is 17.3 Å². The number of carbonyl (C=O) groups excluding carboxylic acids is 1. The molecular weight excluding hydrogens is 423 g/mol. The van der Waals surface area contributed by atoms with Gasteiger partial charge in [-0.25, -0.2) is 4.79 Å². The molecule has 1 aliphatic heterocycles. The minimum atomic E-state index is -4.52. The molecule has 9 heteroatoms. The van der Waals surface area contributed by atoms with Gasteiger partial charge in [-0.3, -0.25) is 9.69 Å². The van der Waals surface area contributed by atoms with Gasteiger partial charge in [0.15, 0.2) is 0 Å². The second-order valence-corrected chi connectivity index (χ2v) is 8.37. The van der Waals surface area contributed by atoms with Crippen LogP contribution in [-0.4, -0.2) is 26.2 Å². The van der Waals surface area contributed by atoms with Crippen molar-refractivity contribution in [3.05, 3.63) is 69.7 Å². The summed E-state index contributed by atoms with van der Waals surface area (Å²) in [7, 11) is 0. The molecule has 152 valence electrons. The molecule has 1 saturated heterocycles. The van der Waals surface area contributed by atoms with Crippen molar-refractivity contribution in [2.24, 2.45) is 5.92 Å². The summed E-state index contributed by atoms with van der Waals surface area (Å²) in [5, 5.41) is 9.08. The third-order valence-corrected chi connectivity index (χ3v) is 6.05. The topological polar surface area (TPSA) is 57.6 Å². The van der Waals surface area contributed by atoms with Crippen LogP contribution >= 0.6 is 24.0 Å². The molecule has 1 heterocycles. The van der Waals surface area contributed by atoms with Crippen LogP contribution in [0, 0.1) is 5.92 Å². The zero-order valence-electron chi connectivity index (χ0n) is 15.2. The number of carboxylic acids is 1. The van der Waals surface area contributed by atoms with Gasteiger partial charge in [0.05, 0.1) is 17.0 Å². The van der Waals surface area contributed by atoms with Crippen LogP contribution in [-0.2, 0) is 22.3 Å². The van der Waals surface area contributed by atoms with E-state index in [0.717, 1.165) is 28.3 Å². The second-order valence-electron chi connectivity index (χ2n) is 6.69. The smallest absolute Gasteiger partial charge is 0.416 e. The summed E-state index contributed by atoms with van der Waals surface area (Å²) in [6, 6.07) is 5.09. The quantitative estimate of drug-likeness (QED) is 0.533. The number of aliphatic carboxylic acids is 1. The number of hydrogen-bond donors (Lipinski definition) is 1. The maximum atomic E-state index is 13.2. The van der Waals surface area contributed by atoms with Gasteiger partial charge in [-0.1, -0.05) is 61.3 Å². The fourth-order valence-electron chi connectivity index (χ4n) is 3.12. The van der Waals surface area contributed by atoms with Crippen LogP contribution in [0.4, 0.5) is 13.2 Å². The molecule has 1 fully saturated rings. The summed E-state index contributed by atoms with van der Waals surface area (Å²) >= 11 is 6.24. The molecule has 0 bridgehead atoms. The van der Waals surface area contributed by atoms with E-state index in [9.17, 15) is 22.8 Å². The van der Waals surface area contributed by atoms with Crippen LogP contribution in [0.15, 0.2) is 58.5 Å². The number of hydrogen-bond acceptors (Lipinski definition) is 4. The molecule has 0 radical (unpaired) electrons. The normalized spacial score (nSPS) is 21.4. The highest BCUT2D eigenvalue weighted by atomic mass is 32.2. The monoisotopic (exact) mass is 439 g/mol. The summed E-state index contributed by atoms with van der Waals surface area (Å²) in [6.45, 7) is 1.58. The zero-order chi connectivity index (χ0) is 21.3. The largest absolute Gasteiger partial charge is 0.478 e. The molecule has 0 saturated carbocycles. The Morgan fingerprint density at radius 3 is 2.66 bits per heavy atom. The molecular formula is C20H16F3NO3S2. The number of allylic oxidation sites excluding steroid dienone is 4. The third kappa shape index (κ3) is 4.62. The number of amides is 1. The molecule has 1 amide bonds. The number of rotatable bonds is 4. The van der Waals surface area contributed by atoms with Gasteiger partial charge in [0.1, 0.15) is 4.32 Å². The molecule has 0 aromatic heterocycles. The minimum absolute atomic E-state index is 0.0307. The summed E-state index contributed by atoms with van der Waals surface area (Å²) in [4.78, 5) is 25.3. The Bertz CT molecular complexity index is 979. The van der Waals surface area contributed by atoms with Gasteiger partial charge in [-0.2, -0.15) is 13.2 Å². The summed E-state index contributed by atoms with van der Waals surface area (Å²) in [5.74, 6) is -1.56. The molecule has 4 nitrogen and oxygen atoms in total. The molecule has 1 aliphatic carbocycles. The molecule has 3 rings (SSSR count). The van der Waals surface area contributed by atoms with Gasteiger partial charge >= 0.3 is 12.1 Å². The van der Waals surface area contributed by atoms with Crippen molar-refractivity contribution in [3.63, 3.8) is 0 Å². The predicted octanol–water partition coefficient (Wildman–Crippen LogP) is 4.93. The summed E-state index contributed by atoms with van der Waals surface area (Å²) in [6.07, 6.45) is 0.576. The van der Waals surface area contributed by atoms with Crippen LogP contribution in [0.25, 0.3) is 0 Å². The number of alkyl halides is 3. The maximum Gasteiger partial charge on any atom is 0.416 e. The predicted molar refractivity (Wildman–Crippen MR) is 108 cm³/mol. The Hall–Kier alpha value is -2.39. The number of halogens is 3. The highest BCUT2D eigenvalue weighted by molar-refractivity contribution is 8.26. The Kier molecular flexibility index (Phi) is 6.00. The van der Waals surface area contributed by atoms with Crippen molar-refractivity contribution in [3.8, 4) is 0 Å². The van der Waals surface area contributed by atoms with Gasteiger partial charge in [0.2, 0.25) is 0 Å². The zero-order valence-corrected chi connectivity index (χ0v) is 16.8. The van der Waals surface area contributed by atoms with E-state index >= 15 is 0 Å². The SMILES string of the molecule is CC1CC(C(=O)O)=CC=C1/C=C1\SC(=S)N(Cc2ccccc2C(F)(F)F)C1=O. The second kappa shape index (κ2) is 8.16. The minimum Gasteiger partial charge on any atom is -0.478 e. The van der Waals surface area contributed by atoms with E-state index in [2.05, 4.69) is 0 Å². The molecule has 1 N–H and O–H groups in total. The number of nitrogens with zero attached hydrogens (tertiary/aromatic N) is 1. The first kappa shape index (κ1) is 21.3. The lowest BCUT2D eigenvalue weighted by Crippen LogP contribution is -2.28. The van der Waals surface area contributed by atoms with Crippen molar-refractivity contribution < 1.29 is 27.9 Å². The fraction of sp³-hybridized carbons (Fsp3) is 0.250. The summed E-state index contributed by atoms with van der Waals surface area (Å²) in [5.41, 5.74) is 0.224. The Morgan fingerprint density at radius 2 is 2.03 bits per heavy atom. The van der Waals surface area contributed by atoms with E-state index < -0.39 is 23.6 Å². The molecule has 2 aliphatic rings. The van der Waals surface area contributed by atoms with E-state index in [1.165, 1.54) is 24.3 Å². The first-order chi connectivity index (χ1) is 13.6. The molecule has 0 spiro atoms. The van der Waals surface area contributed by atoms with Crippen LogP contribution in [0.3, 0.4) is 0 Å². The van der Waals surface area contributed by atoms with E-state index in [-0.39, 0.29) is 27.9 Å². The molecule has 1 aromatic carbocycles. The molecule has 1 atom stereocenters. The Morgan fingerprint density at radius 1 is 1.34 bits per heavy atom. The Labute approximate surface area is 174 Å². The van der Waals surface area contributed by atoms with Crippen molar-refractivity contribution >= 4 is 40.2 Å². The Balaban J connectivity index is 1.85. The fourth-order valence-corrected chi connectivity index (χ4v) is 4.37. The average Bonchev–Trinajstić information content (AvgIpc) is 2.90. The van der Waals surface area contributed by atoms with Gasteiger partial charge in [-0.05, 0) is 35.6 Å². The van der Waals surface area contributed by atoms with Crippen LogP contribution in [0.5, 0.6) is 0 Å². The third-order valence-electron chi connectivity index (χ3n) is 4.67. The molecule has 1 unspecified atom stereocenters. The molecule has 1 aromatic rings. The lowest BCUT2D eigenvalue weighted by atomic mass is 9.88. The molecule has 29 heavy (non-hydrogen) atoms. The van der Waals surface area contributed by atoms with Gasteiger partial charge < -0.3 is 5.11 Å². The van der Waals surface area contributed by atoms with Crippen molar-refractivity contribution in [2.75, 3.05) is 0 Å². The highest BCUT2D eigenvalue weighted by Crippen LogP contribution is 2.38. The average molecular weight is 439 g/mol. The first-order valence-corrected chi connectivity index (χ1v) is 9.85.